The molecule has 1 saturated heterocycles. The number of nitrogens with zero attached hydrogens (tertiary/aromatic N) is 1. The number of hydrogen-bond acceptors (Lipinski definition) is 3. The fourth-order valence-corrected chi connectivity index (χ4v) is 2.34. The first-order valence-corrected chi connectivity index (χ1v) is 6.47. The van der Waals surface area contributed by atoms with Gasteiger partial charge in [-0.3, -0.25) is 4.79 Å². The van der Waals surface area contributed by atoms with E-state index >= 15 is 0 Å². The zero-order valence-electron chi connectivity index (χ0n) is 11.0. The van der Waals surface area contributed by atoms with Crippen molar-refractivity contribution in [3.8, 4) is 0 Å². The van der Waals surface area contributed by atoms with Gasteiger partial charge in [-0.15, -0.1) is 0 Å². The fraction of sp³-hybridized carbons (Fsp3) is 0.692. The number of rotatable bonds is 4. The zero-order valence-corrected chi connectivity index (χ0v) is 11.0. The van der Waals surface area contributed by atoms with Crippen LogP contribution >= 0.6 is 0 Å². The van der Waals surface area contributed by atoms with Crippen LogP contribution in [0.15, 0.2) is 12.4 Å². The van der Waals surface area contributed by atoms with Crippen LogP contribution in [0.25, 0.3) is 0 Å². The first kappa shape index (κ1) is 13.1. The minimum atomic E-state index is -0.179. The van der Waals surface area contributed by atoms with E-state index < -0.39 is 0 Å². The summed E-state index contributed by atoms with van der Waals surface area (Å²) in [7, 11) is 0. The summed E-state index contributed by atoms with van der Waals surface area (Å²) in [6.07, 6.45) is 5.86. The van der Waals surface area contributed by atoms with Gasteiger partial charge in [0.1, 0.15) is 5.82 Å². The summed E-state index contributed by atoms with van der Waals surface area (Å²) in [6.45, 7) is 5.37. The van der Waals surface area contributed by atoms with Gasteiger partial charge in [0.2, 0.25) is 5.91 Å². The van der Waals surface area contributed by atoms with Crippen molar-refractivity contribution in [1.82, 2.24) is 15.3 Å². The van der Waals surface area contributed by atoms with Crippen molar-refractivity contribution in [2.45, 2.75) is 38.7 Å². The van der Waals surface area contributed by atoms with Crippen molar-refractivity contribution in [3.63, 3.8) is 0 Å². The molecule has 1 aliphatic heterocycles. The van der Waals surface area contributed by atoms with E-state index in [1.165, 1.54) is 0 Å². The van der Waals surface area contributed by atoms with Gasteiger partial charge in [0, 0.05) is 37.9 Å². The van der Waals surface area contributed by atoms with E-state index in [-0.39, 0.29) is 17.4 Å². The molecule has 1 aromatic heterocycles. The first-order valence-electron chi connectivity index (χ1n) is 6.47. The maximum atomic E-state index is 12.0. The smallest absolute Gasteiger partial charge is 0.223 e. The van der Waals surface area contributed by atoms with E-state index in [9.17, 15) is 4.79 Å². The highest BCUT2D eigenvalue weighted by molar-refractivity contribution is 5.78. The van der Waals surface area contributed by atoms with Crippen molar-refractivity contribution >= 4 is 5.91 Å². The van der Waals surface area contributed by atoms with Crippen molar-refractivity contribution < 1.29 is 9.53 Å². The molecule has 1 aromatic rings. The molecule has 1 atom stereocenters. The predicted molar refractivity (Wildman–Crippen MR) is 68.1 cm³/mol. The SMILES string of the molecule is CC1(C)C[C@@H](C(=O)NCCc2ncc[nH]2)CCO1. The van der Waals surface area contributed by atoms with E-state index in [0.717, 1.165) is 25.1 Å². The molecule has 0 spiro atoms. The molecule has 0 aromatic carbocycles. The Bertz CT molecular complexity index is 387. The van der Waals surface area contributed by atoms with Gasteiger partial charge in [-0.05, 0) is 26.7 Å². The number of carbonyl (C=O) groups is 1. The summed E-state index contributed by atoms with van der Waals surface area (Å²) < 4.78 is 5.61. The minimum Gasteiger partial charge on any atom is -0.376 e. The third-order valence-corrected chi connectivity index (χ3v) is 3.28. The van der Waals surface area contributed by atoms with Crippen LogP contribution in [0.2, 0.25) is 0 Å². The lowest BCUT2D eigenvalue weighted by Gasteiger charge is -2.34. The van der Waals surface area contributed by atoms with Gasteiger partial charge in [-0.1, -0.05) is 0 Å². The molecule has 0 radical (unpaired) electrons. The molecule has 1 fully saturated rings. The summed E-state index contributed by atoms with van der Waals surface area (Å²) in [4.78, 5) is 19.2. The van der Waals surface area contributed by atoms with Crippen LogP contribution in [-0.4, -0.2) is 34.6 Å². The van der Waals surface area contributed by atoms with Crippen LogP contribution in [0.4, 0.5) is 0 Å². The van der Waals surface area contributed by atoms with E-state index in [1.807, 2.05) is 13.8 Å². The Labute approximate surface area is 107 Å². The molecule has 18 heavy (non-hydrogen) atoms. The summed E-state index contributed by atoms with van der Waals surface area (Å²) in [5.41, 5.74) is -0.179. The fourth-order valence-electron chi connectivity index (χ4n) is 2.34. The number of carbonyl (C=O) groups excluding carboxylic acids is 1. The van der Waals surface area contributed by atoms with Gasteiger partial charge in [0.15, 0.2) is 0 Å². The van der Waals surface area contributed by atoms with Gasteiger partial charge in [-0.2, -0.15) is 0 Å². The molecule has 0 saturated carbocycles. The second kappa shape index (κ2) is 5.52. The lowest BCUT2D eigenvalue weighted by molar-refractivity contribution is -0.135. The highest BCUT2D eigenvalue weighted by atomic mass is 16.5. The number of ether oxygens (including phenoxy) is 1. The Balaban J connectivity index is 1.74. The zero-order chi connectivity index (χ0) is 13.0. The van der Waals surface area contributed by atoms with Gasteiger partial charge in [-0.25, -0.2) is 4.98 Å². The molecule has 2 heterocycles. The molecule has 2 rings (SSSR count). The molecule has 0 unspecified atom stereocenters. The van der Waals surface area contributed by atoms with Crippen LogP contribution in [0.5, 0.6) is 0 Å². The molecule has 0 aliphatic carbocycles. The average Bonchev–Trinajstić information content (AvgIpc) is 2.80. The summed E-state index contributed by atoms with van der Waals surface area (Å²) in [5, 5.41) is 2.97. The molecule has 2 N–H and O–H groups in total. The first-order chi connectivity index (χ1) is 8.57. The van der Waals surface area contributed by atoms with Gasteiger partial charge < -0.3 is 15.0 Å². The van der Waals surface area contributed by atoms with Crippen LogP contribution in [0.3, 0.4) is 0 Å². The summed E-state index contributed by atoms with van der Waals surface area (Å²) >= 11 is 0. The lowest BCUT2D eigenvalue weighted by atomic mass is 9.88. The number of hydrogen-bond donors (Lipinski definition) is 2. The van der Waals surface area contributed by atoms with E-state index in [4.69, 9.17) is 4.74 Å². The van der Waals surface area contributed by atoms with E-state index in [1.54, 1.807) is 12.4 Å². The minimum absolute atomic E-state index is 0.0744. The number of H-pyrrole nitrogens is 1. The number of nitrogens with one attached hydrogen (secondary N) is 2. The summed E-state index contributed by atoms with van der Waals surface area (Å²) in [6, 6.07) is 0. The lowest BCUT2D eigenvalue weighted by Crippen LogP contribution is -2.41. The van der Waals surface area contributed by atoms with Crippen molar-refractivity contribution in [2.24, 2.45) is 5.92 Å². The number of amides is 1. The second-order valence-corrected chi connectivity index (χ2v) is 5.37. The standard InChI is InChI=1S/C13H21N3O2/c1-13(2)9-10(4-8-18-13)12(17)16-5-3-11-14-6-7-15-11/h6-7,10H,3-5,8-9H2,1-2H3,(H,14,15)(H,16,17)/t10-/m0/s1. The quantitative estimate of drug-likeness (QED) is 0.847. The van der Waals surface area contributed by atoms with Gasteiger partial charge in [0.25, 0.3) is 0 Å². The maximum Gasteiger partial charge on any atom is 0.223 e. The maximum absolute atomic E-state index is 12.0. The Kier molecular flexibility index (Phi) is 4.01. The van der Waals surface area contributed by atoms with Crippen molar-refractivity contribution in [2.75, 3.05) is 13.2 Å². The number of aromatic nitrogens is 2. The van der Waals surface area contributed by atoms with Crippen molar-refractivity contribution in [1.29, 1.82) is 0 Å². The second-order valence-electron chi connectivity index (χ2n) is 5.37. The van der Waals surface area contributed by atoms with Crippen LogP contribution in [0, 0.1) is 5.92 Å². The van der Waals surface area contributed by atoms with E-state index in [0.29, 0.717) is 13.2 Å². The van der Waals surface area contributed by atoms with Crippen LogP contribution in [-0.2, 0) is 16.0 Å². The topological polar surface area (TPSA) is 67.0 Å². The van der Waals surface area contributed by atoms with E-state index in [2.05, 4.69) is 15.3 Å². The average molecular weight is 251 g/mol. The van der Waals surface area contributed by atoms with Crippen molar-refractivity contribution in [3.05, 3.63) is 18.2 Å². The summed E-state index contributed by atoms with van der Waals surface area (Å²) in [5.74, 6) is 1.12. The molecular formula is C13H21N3O2. The number of imidazole rings is 1. The molecule has 5 nitrogen and oxygen atoms in total. The van der Waals surface area contributed by atoms with Gasteiger partial charge in [0.05, 0.1) is 5.60 Å². The normalized spacial score (nSPS) is 22.7. The Morgan fingerprint density at radius 1 is 1.67 bits per heavy atom. The van der Waals surface area contributed by atoms with Gasteiger partial charge >= 0.3 is 0 Å². The molecule has 100 valence electrons. The molecule has 5 heteroatoms. The molecule has 0 bridgehead atoms. The predicted octanol–water partition coefficient (Wildman–Crippen LogP) is 1.27. The third kappa shape index (κ3) is 3.57. The highest BCUT2D eigenvalue weighted by Gasteiger charge is 2.32. The Hall–Kier alpha value is -1.36. The number of aromatic amines is 1. The molecular weight excluding hydrogens is 230 g/mol. The highest BCUT2D eigenvalue weighted by Crippen LogP contribution is 2.28. The third-order valence-electron chi connectivity index (χ3n) is 3.28. The Morgan fingerprint density at radius 3 is 3.17 bits per heavy atom. The van der Waals surface area contributed by atoms with Crippen LogP contribution < -0.4 is 5.32 Å². The van der Waals surface area contributed by atoms with Crippen LogP contribution in [0.1, 0.15) is 32.5 Å². The molecule has 1 amide bonds. The Morgan fingerprint density at radius 2 is 2.50 bits per heavy atom. The molecule has 1 aliphatic rings. The monoisotopic (exact) mass is 251 g/mol. The largest absolute Gasteiger partial charge is 0.376 e.